The lowest BCUT2D eigenvalue weighted by Gasteiger charge is -2.09. The Bertz CT molecular complexity index is 641. The molecule has 0 unspecified atom stereocenters. The Morgan fingerprint density at radius 1 is 1.24 bits per heavy atom. The van der Waals surface area contributed by atoms with Crippen molar-refractivity contribution >= 4 is 35.0 Å². The number of halogens is 1. The summed E-state index contributed by atoms with van der Waals surface area (Å²) in [6.07, 6.45) is -0.529. The molecule has 0 spiro atoms. The van der Waals surface area contributed by atoms with E-state index in [1.807, 2.05) is 36.4 Å². The summed E-state index contributed by atoms with van der Waals surface area (Å²) in [5.74, 6) is -0.0906. The standard InChI is InChI=1S/C16H16ClNO2S/c1-10(19)12-3-8-16(15(17)9-12)21-14-6-4-13(5-7-14)18-11(2)20/h3-10,19H,1-2H3,(H,18,20)/t10-/m0/s1. The van der Waals surface area contributed by atoms with Crippen LogP contribution >= 0.6 is 23.4 Å². The molecule has 0 saturated heterocycles. The molecule has 1 atom stereocenters. The summed E-state index contributed by atoms with van der Waals surface area (Å²) in [7, 11) is 0. The Balaban J connectivity index is 2.13. The van der Waals surface area contributed by atoms with Crippen LogP contribution in [0, 0.1) is 0 Å². The molecule has 0 aliphatic heterocycles. The lowest BCUT2D eigenvalue weighted by Crippen LogP contribution is -2.05. The number of hydrogen-bond donors (Lipinski definition) is 2. The van der Waals surface area contributed by atoms with E-state index in [1.54, 1.807) is 13.0 Å². The largest absolute Gasteiger partial charge is 0.389 e. The van der Waals surface area contributed by atoms with E-state index in [0.717, 1.165) is 21.0 Å². The molecule has 2 aromatic rings. The third-order valence-electron chi connectivity index (χ3n) is 2.84. The fourth-order valence-corrected chi connectivity index (χ4v) is 2.92. The maximum Gasteiger partial charge on any atom is 0.221 e. The molecule has 0 fully saturated rings. The SMILES string of the molecule is CC(=O)Nc1ccc(Sc2ccc([C@H](C)O)cc2Cl)cc1. The molecule has 0 aliphatic carbocycles. The van der Waals surface area contributed by atoms with Gasteiger partial charge in [0, 0.05) is 22.4 Å². The topological polar surface area (TPSA) is 49.3 Å². The van der Waals surface area contributed by atoms with E-state index in [4.69, 9.17) is 11.6 Å². The molecule has 0 heterocycles. The molecule has 1 amide bonds. The predicted octanol–water partition coefficient (Wildman–Crippen LogP) is 4.50. The van der Waals surface area contributed by atoms with Crippen LogP contribution in [0.1, 0.15) is 25.5 Å². The number of benzene rings is 2. The summed E-state index contributed by atoms with van der Waals surface area (Å²) in [6.45, 7) is 3.19. The van der Waals surface area contributed by atoms with Crippen LogP contribution in [-0.4, -0.2) is 11.0 Å². The highest BCUT2D eigenvalue weighted by molar-refractivity contribution is 7.99. The third-order valence-corrected chi connectivity index (χ3v) is 4.35. The summed E-state index contributed by atoms with van der Waals surface area (Å²) >= 11 is 7.77. The minimum absolute atomic E-state index is 0.0906. The molecule has 2 N–H and O–H groups in total. The van der Waals surface area contributed by atoms with Crippen LogP contribution in [0.25, 0.3) is 0 Å². The smallest absolute Gasteiger partial charge is 0.221 e. The van der Waals surface area contributed by atoms with Crippen LogP contribution in [0.2, 0.25) is 5.02 Å². The second-order valence-electron chi connectivity index (χ2n) is 4.67. The number of amides is 1. The zero-order valence-electron chi connectivity index (χ0n) is 11.8. The fourth-order valence-electron chi connectivity index (χ4n) is 1.80. The van der Waals surface area contributed by atoms with E-state index in [1.165, 1.54) is 18.7 Å². The fraction of sp³-hybridized carbons (Fsp3) is 0.188. The minimum Gasteiger partial charge on any atom is -0.389 e. The zero-order valence-corrected chi connectivity index (χ0v) is 13.3. The van der Waals surface area contributed by atoms with Gasteiger partial charge in [-0.1, -0.05) is 29.4 Å². The van der Waals surface area contributed by atoms with Crippen molar-refractivity contribution in [3.63, 3.8) is 0 Å². The Morgan fingerprint density at radius 3 is 2.43 bits per heavy atom. The van der Waals surface area contributed by atoms with Crippen molar-refractivity contribution in [2.75, 3.05) is 5.32 Å². The van der Waals surface area contributed by atoms with Crippen molar-refractivity contribution < 1.29 is 9.90 Å². The quantitative estimate of drug-likeness (QED) is 0.871. The molecule has 3 nitrogen and oxygen atoms in total. The molecule has 0 bridgehead atoms. The number of rotatable bonds is 4. The van der Waals surface area contributed by atoms with Crippen LogP contribution in [0.15, 0.2) is 52.3 Å². The number of anilines is 1. The van der Waals surface area contributed by atoms with Gasteiger partial charge in [0.25, 0.3) is 0 Å². The number of hydrogen-bond acceptors (Lipinski definition) is 3. The number of aliphatic hydroxyl groups excluding tert-OH is 1. The number of carbonyl (C=O) groups excluding carboxylic acids is 1. The van der Waals surface area contributed by atoms with Gasteiger partial charge in [0.05, 0.1) is 11.1 Å². The summed E-state index contributed by atoms with van der Waals surface area (Å²) in [5, 5.41) is 12.9. The van der Waals surface area contributed by atoms with Gasteiger partial charge < -0.3 is 10.4 Å². The van der Waals surface area contributed by atoms with E-state index in [2.05, 4.69) is 5.32 Å². The van der Waals surface area contributed by atoms with Crippen molar-refractivity contribution in [1.82, 2.24) is 0 Å². The Hall–Kier alpha value is -1.49. The molecular formula is C16H16ClNO2S. The maximum absolute atomic E-state index is 11.0. The maximum atomic E-state index is 11.0. The molecule has 0 saturated carbocycles. The van der Waals surface area contributed by atoms with E-state index in [-0.39, 0.29) is 5.91 Å². The molecule has 5 heteroatoms. The minimum atomic E-state index is -0.529. The Labute approximate surface area is 133 Å². The molecule has 21 heavy (non-hydrogen) atoms. The van der Waals surface area contributed by atoms with Gasteiger partial charge in [0.2, 0.25) is 5.91 Å². The third kappa shape index (κ3) is 4.49. The first-order chi connectivity index (χ1) is 9.95. The van der Waals surface area contributed by atoms with Gasteiger partial charge in [-0.15, -0.1) is 0 Å². The van der Waals surface area contributed by atoms with E-state index >= 15 is 0 Å². The predicted molar refractivity (Wildman–Crippen MR) is 87.0 cm³/mol. The monoisotopic (exact) mass is 321 g/mol. The molecule has 0 aromatic heterocycles. The molecular weight excluding hydrogens is 306 g/mol. The summed E-state index contributed by atoms with van der Waals surface area (Å²) in [6, 6.07) is 13.1. The van der Waals surface area contributed by atoms with Crippen LogP contribution in [0.4, 0.5) is 5.69 Å². The normalized spacial score (nSPS) is 12.0. The van der Waals surface area contributed by atoms with Crippen LogP contribution in [0.5, 0.6) is 0 Å². The van der Waals surface area contributed by atoms with Crippen molar-refractivity contribution in [1.29, 1.82) is 0 Å². The van der Waals surface area contributed by atoms with Crippen LogP contribution < -0.4 is 5.32 Å². The highest BCUT2D eigenvalue weighted by atomic mass is 35.5. The van der Waals surface area contributed by atoms with Gasteiger partial charge in [-0.05, 0) is 48.9 Å². The first-order valence-electron chi connectivity index (χ1n) is 6.48. The van der Waals surface area contributed by atoms with Gasteiger partial charge in [-0.25, -0.2) is 0 Å². The van der Waals surface area contributed by atoms with Gasteiger partial charge in [-0.2, -0.15) is 0 Å². The van der Waals surface area contributed by atoms with E-state index in [9.17, 15) is 9.90 Å². The molecule has 0 radical (unpaired) electrons. The molecule has 2 rings (SSSR count). The average molecular weight is 322 g/mol. The van der Waals surface area contributed by atoms with Gasteiger partial charge >= 0.3 is 0 Å². The summed E-state index contributed by atoms with van der Waals surface area (Å²) in [5.41, 5.74) is 1.56. The summed E-state index contributed by atoms with van der Waals surface area (Å²) in [4.78, 5) is 12.9. The highest BCUT2D eigenvalue weighted by Crippen LogP contribution is 2.35. The number of carbonyl (C=O) groups is 1. The van der Waals surface area contributed by atoms with Crippen LogP contribution in [-0.2, 0) is 4.79 Å². The second kappa shape index (κ2) is 6.98. The second-order valence-corrected chi connectivity index (χ2v) is 6.20. The number of nitrogens with one attached hydrogen (secondary N) is 1. The summed E-state index contributed by atoms with van der Waals surface area (Å²) < 4.78 is 0. The lowest BCUT2D eigenvalue weighted by atomic mass is 10.1. The first kappa shape index (κ1) is 15.9. The number of aliphatic hydroxyl groups is 1. The lowest BCUT2D eigenvalue weighted by molar-refractivity contribution is -0.114. The Kier molecular flexibility index (Phi) is 5.28. The van der Waals surface area contributed by atoms with Crippen molar-refractivity contribution in [3.05, 3.63) is 53.1 Å². The van der Waals surface area contributed by atoms with Gasteiger partial charge in [-0.3, -0.25) is 4.79 Å². The Morgan fingerprint density at radius 2 is 1.90 bits per heavy atom. The van der Waals surface area contributed by atoms with Crippen molar-refractivity contribution in [2.24, 2.45) is 0 Å². The molecule has 110 valence electrons. The van der Waals surface area contributed by atoms with Gasteiger partial charge in [0.15, 0.2) is 0 Å². The first-order valence-corrected chi connectivity index (χ1v) is 7.68. The molecule has 2 aromatic carbocycles. The van der Waals surface area contributed by atoms with Gasteiger partial charge in [0.1, 0.15) is 0 Å². The van der Waals surface area contributed by atoms with Crippen LogP contribution in [0.3, 0.4) is 0 Å². The average Bonchev–Trinajstić information content (AvgIpc) is 2.42. The molecule has 0 aliphatic rings. The van der Waals surface area contributed by atoms with E-state index < -0.39 is 6.10 Å². The zero-order chi connectivity index (χ0) is 15.4. The van der Waals surface area contributed by atoms with E-state index in [0.29, 0.717) is 5.02 Å². The van der Waals surface area contributed by atoms with Crippen molar-refractivity contribution in [3.8, 4) is 0 Å². The highest BCUT2D eigenvalue weighted by Gasteiger charge is 2.07. The van der Waals surface area contributed by atoms with Crippen molar-refractivity contribution in [2.45, 2.75) is 29.7 Å².